The van der Waals surface area contributed by atoms with Crippen molar-refractivity contribution in [3.8, 4) is 0 Å². The van der Waals surface area contributed by atoms with E-state index in [4.69, 9.17) is 5.11 Å². The molecule has 1 aromatic carbocycles. The van der Waals surface area contributed by atoms with Gasteiger partial charge in [-0.05, 0) is 24.0 Å². The normalized spacial score (nSPS) is 22.1. The van der Waals surface area contributed by atoms with Crippen molar-refractivity contribution in [1.82, 2.24) is 4.90 Å². The van der Waals surface area contributed by atoms with Crippen LogP contribution in [-0.4, -0.2) is 35.0 Å². The molecule has 1 amide bonds. The van der Waals surface area contributed by atoms with E-state index < -0.39 is 23.5 Å². The maximum atomic E-state index is 13.5. The van der Waals surface area contributed by atoms with E-state index in [9.17, 15) is 18.4 Å². The van der Waals surface area contributed by atoms with E-state index in [1.165, 1.54) is 6.07 Å². The van der Waals surface area contributed by atoms with Crippen molar-refractivity contribution in [2.75, 3.05) is 13.1 Å². The van der Waals surface area contributed by atoms with E-state index in [1.807, 2.05) is 0 Å². The van der Waals surface area contributed by atoms with E-state index >= 15 is 0 Å². The number of benzene rings is 1. The molecule has 6 heteroatoms. The average molecular weight is 297 g/mol. The van der Waals surface area contributed by atoms with E-state index in [-0.39, 0.29) is 23.8 Å². The number of amides is 1. The Labute approximate surface area is 121 Å². The number of halogens is 2. The highest BCUT2D eigenvalue weighted by Crippen LogP contribution is 2.24. The van der Waals surface area contributed by atoms with Crippen LogP contribution in [0.3, 0.4) is 0 Å². The summed E-state index contributed by atoms with van der Waals surface area (Å²) in [5.74, 6) is -3.12. The number of likely N-dealkylation sites (tertiary alicyclic amines) is 1. The second-order valence-electron chi connectivity index (χ2n) is 5.46. The Balaban J connectivity index is 2.00. The van der Waals surface area contributed by atoms with Crippen molar-refractivity contribution >= 4 is 11.9 Å². The van der Waals surface area contributed by atoms with Crippen LogP contribution in [0.5, 0.6) is 0 Å². The third kappa shape index (κ3) is 3.56. The van der Waals surface area contributed by atoms with Gasteiger partial charge in [0.05, 0.1) is 12.3 Å². The Morgan fingerprint density at radius 1 is 1.38 bits per heavy atom. The first-order valence-corrected chi connectivity index (χ1v) is 6.83. The summed E-state index contributed by atoms with van der Waals surface area (Å²) >= 11 is 0. The summed E-state index contributed by atoms with van der Waals surface area (Å²) in [6.45, 7) is 2.48. The van der Waals surface area contributed by atoms with Crippen molar-refractivity contribution in [2.45, 2.75) is 19.8 Å². The fourth-order valence-electron chi connectivity index (χ4n) is 2.68. The molecule has 4 nitrogen and oxygen atoms in total. The first-order valence-electron chi connectivity index (χ1n) is 6.83. The predicted octanol–water partition coefficient (Wildman–Crippen LogP) is 2.08. The second-order valence-corrected chi connectivity index (χ2v) is 5.46. The van der Waals surface area contributed by atoms with Crippen LogP contribution >= 0.6 is 0 Å². The number of carboxylic acids is 1. The standard InChI is InChI=1S/C15H17F2NO3/c1-9-8-18(5-4-12(9)15(20)21)14(19)6-10-2-3-11(16)7-13(10)17/h2-3,7,9,12H,4-6,8H2,1H3,(H,20,21). The minimum absolute atomic E-state index is 0.140. The molecular formula is C15H17F2NO3. The largest absolute Gasteiger partial charge is 0.481 e. The minimum Gasteiger partial charge on any atom is -0.481 e. The Kier molecular flexibility index (Phi) is 4.55. The highest BCUT2D eigenvalue weighted by Gasteiger charge is 2.33. The molecule has 0 radical (unpaired) electrons. The van der Waals surface area contributed by atoms with Gasteiger partial charge in [-0.25, -0.2) is 8.78 Å². The molecule has 2 unspecified atom stereocenters. The van der Waals surface area contributed by atoms with Gasteiger partial charge in [0.15, 0.2) is 0 Å². The van der Waals surface area contributed by atoms with Crippen LogP contribution in [0.25, 0.3) is 0 Å². The smallest absolute Gasteiger partial charge is 0.306 e. The van der Waals surface area contributed by atoms with Gasteiger partial charge < -0.3 is 10.0 Å². The van der Waals surface area contributed by atoms with Gasteiger partial charge in [-0.2, -0.15) is 0 Å². The number of nitrogens with zero attached hydrogens (tertiary/aromatic N) is 1. The first-order chi connectivity index (χ1) is 9.88. The molecule has 21 heavy (non-hydrogen) atoms. The molecule has 0 saturated carbocycles. The summed E-state index contributed by atoms with van der Waals surface area (Å²) < 4.78 is 26.4. The number of aliphatic carboxylic acids is 1. The molecule has 114 valence electrons. The topological polar surface area (TPSA) is 57.6 Å². The van der Waals surface area contributed by atoms with Crippen molar-refractivity contribution in [2.24, 2.45) is 11.8 Å². The molecule has 1 saturated heterocycles. The summed E-state index contributed by atoms with van der Waals surface area (Å²) in [4.78, 5) is 24.7. The Morgan fingerprint density at radius 2 is 2.10 bits per heavy atom. The number of hydrogen-bond acceptors (Lipinski definition) is 2. The lowest BCUT2D eigenvalue weighted by Crippen LogP contribution is -2.45. The molecule has 0 spiro atoms. The number of carbonyl (C=O) groups is 2. The van der Waals surface area contributed by atoms with Crippen molar-refractivity contribution in [3.63, 3.8) is 0 Å². The number of piperidine rings is 1. The molecule has 1 heterocycles. The summed E-state index contributed by atoms with van der Waals surface area (Å²) in [5, 5.41) is 9.04. The highest BCUT2D eigenvalue weighted by atomic mass is 19.1. The van der Waals surface area contributed by atoms with Gasteiger partial charge in [0.1, 0.15) is 11.6 Å². The summed E-state index contributed by atoms with van der Waals surface area (Å²) in [6.07, 6.45) is 0.255. The van der Waals surface area contributed by atoms with Crippen LogP contribution in [0.4, 0.5) is 8.78 Å². The highest BCUT2D eigenvalue weighted by molar-refractivity contribution is 5.79. The lowest BCUT2D eigenvalue weighted by atomic mass is 9.87. The molecule has 2 rings (SSSR count). The van der Waals surface area contributed by atoms with Crippen LogP contribution in [-0.2, 0) is 16.0 Å². The van der Waals surface area contributed by atoms with Crippen molar-refractivity contribution in [3.05, 3.63) is 35.4 Å². The van der Waals surface area contributed by atoms with Gasteiger partial charge in [-0.3, -0.25) is 9.59 Å². The van der Waals surface area contributed by atoms with Crippen LogP contribution in [0, 0.1) is 23.5 Å². The molecular weight excluding hydrogens is 280 g/mol. The fraction of sp³-hybridized carbons (Fsp3) is 0.467. The van der Waals surface area contributed by atoms with Gasteiger partial charge >= 0.3 is 5.97 Å². The molecule has 2 atom stereocenters. The van der Waals surface area contributed by atoms with E-state index in [0.717, 1.165) is 12.1 Å². The molecule has 1 aromatic rings. The van der Waals surface area contributed by atoms with Crippen LogP contribution in [0.2, 0.25) is 0 Å². The lowest BCUT2D eigenvalue weighted by Gasteiger charge is -2.35. The maximum absolute atomic E-state index is 13.5. The van der Waals surface area contributed by atoms with Crippen molar-refractivity contribution < 1.29 is 23.5 Å². The zero-order valence-corrected chi connectivity index (χ0v) is 11.7. The third-order valence-corrected chi connectivity index (χ3v) is 3.93. The average Bonchev–Trinajstić information content (AvgIpc) is 2.41. The predicted molar refractivity (Wildman–Crippen MR) is 71.5 cm³/mol. The Hall–Kier alpha value is -1.98. The van der Waals surface area contributed by atoms with Crippen molar-refractivity contribution in [1.29, 1.82) is 0 Å². The first kappa shape index (κ1) is 15.4. The zero-order valence-electron chi connectivity index (χ0n) is 11.7. The number of carboxylic acid groups (broad SMARTS) is 1. The van der Waals surface area contributed by atoms with E-state index in [1.54, 1.807) is 11.8 Å². The number of rotatable bonds is 3. The summed E-state index contributed by atoms with van der Waals surface area (Å²) in [7, 11) is 0. The summed E-state index contributed by atoms with van der Waals surface area (Å²) in [5.41, 5.74) is 0.148. The molecule has 0 aromatic heterocycles. The van der Waals surface area contributed by atoms with Gasteiger partial charge in [0.2, 0.25) is 5.91 Å². The van der Waals surface area contributed by atoms with Crippen LogP contribution < -0.4 is 0 Å². The van der Waals surface area contributed by atoms with Gasteiger partial charge in [-0.15, -0.1) is 0 Å². The third-order valence-electron chi connectivity index (χ3n) is 3.93. The maximum Gasteiger partial charge on any atom is 0.306 e. The number of carbonyl (C=O) groups excluding carboxylic acids is 1. The van der Waals surface area contributed by atoms with Gasteiger partial charge in [0, 0.05) is 19.2 Å². The fourth-order valence-corrected chi connectivity index (χ4v) is 2.68. The number of hydrogen-bond donors (Lipinski definition) is 1. The molecule has 1 aliphatic heterocycles. The van der Waals surface area contributed by atoms with E-state index in [0.29, 0.717) is 19.5 Å². The Bertz CT molecular complexity index is 562. The molecule has 0 aliphatic carbocycles. The SMILES string of the molecule is CC1CN(C(=O)Cc2ccc(F)cc2F)CCC1C(=O)O. The minimum atomic E-state index is -0.848. The summed E-state index contributed by atoms with van der Waals surface area (Å²) in [6, 6.07) is 3.13. The quantitative estimate of drug-likeness (QED) is 0.929. The lowest BCUT2D eigenvalue weighted by molar-refractivity contribution is -0.148. The second kappa shape index (κ2) is 6.20. The Morgan fingerprint density at radius 3 is 2.67 bits per heavy atom. The van der Waals surface area contributed by atoms with Gasteiger partial charge in [0.25, 0.3) is 0 Å². The van der Waals surface area contributed by atoms with Crippen LogP contribution in [0.15, 0.2) is 18.2 Å². The van der Waals surface area contributed by atoms with Crippen LogP contribution in [0.1, 0.15) is 18.9 Å². The zero-order chi connectivity index (χ0) is 15.6. The molecule has 1 N–H and O–H groups in total. The van der Waals surface area contributed by atoms with Gasteiger partial charge in [-0.1, -0.05) is 13.0 Å². The molecule has 1 fully saturated rings. The monoisotopic (exact) mass is 297 g/mol. The molecule has 1 aliphatic rings. The molecule has 0 bridgehead atoms. The van der Waals surface area contributed by atoms with E-state index in [2.05, 4.69) is 0 Å².